The number of anilines is 1. The summed E-state index contributed by atoms with van der Waals surface area (Å²) in [5.41, 5.74) is 1.84. The van der Waals surface area contributed by atoms with Crippen molar-refractivity contribution < 1.29 is 23.1 Å². The van der Waals surface area contributed by atoms with Crippen molar-refractivity contribution >= 4 is 11.6 Å². The lowest BCUT2D eigenvalue weighted by Gasteiger charge is -2.09. The smallest absolute Gasteiger partial charge is 0.416 e. The molecule has 0 saturated heterocycles. The van der Waals surface area contributed by atoms with Crippen LogP contribution >= 0.6 is 0 Å². The summed E-state index contributed by atoms with van der Waals surface area (Å²) in [5.74, 6) is -0.608. The van der Waals surface area contributed by atoms with Gasteiger partial charge in [-0.1, -0.05) is 6.07 Å². The molecule has 7 nitrogen and oxygen atoms in total. The molecule has 0 fully saturated rings. The highest BCUT2D eigenvalue weighted by Crippen LogP contribution is 2.34. The van der Waals surface area contributed by atoms with Crippen molar-refractivity contribution in [1.82, 2.24) is 19.7 Å². The molecule has 4 rings (SSSR count). The monoisotopic (exact) mass is 403 g/mol. The molecule has 1 aliphatic carbocycles. The Hall–Kier alpha value is -3.43. The van der Waals surface area contributed by atoms with Crippen molar-refractivity contribution in [2.75, 3.05) is 5.32 Å². The highest BCUT2D eigenvalue weighted by atomic mass is 19.4. The number of carbonyl (C=O) groups excluding carboxylic acids is 1. The maximum Gasteiger partial charge on any atom is 0.416 e. The molecule has 3 aromatic rings. The number of aromatic hydroxyl groups is 1. The van der Waals surface area contributed by atoms with Gasteiger partial charge in [-0.25, -0.2) is 4.98 Å². The van der Waals surface area contributed by atoms with E-state index < -0.39 is 17.6 Å². The van der Waals surface area contributed by atoms with Crippen LogP contribution in [0.1, 0.15) is 33.6 Å². The molecule has 0 atom stereocenters. The number of aryl methyl sites for hydroxylation is 2. The first-order valence-corrected chi connectivity index (χ1v) is 8.84. The minimum Gasteiger partial charge on any atom is -0.479 e. The van der Waals surface area contributed by atoms with Crippen molar-refractivity contribution in [1.29, 1.82) is 0 Å². The Kier molecular flexibility index (Phi) is 4.48. The van der Waals surface area contributed by atoms with Crippen molar-refractivity contribution in [2.45, 2.75) is 25.4 Å². The van der Waals surface area contributed by atoms with E-state index >= 15 is 0 Å². The van der Waals surface area contributed by atoms with Crippen LogP contribution in [0.3, 0.4) is 0 Å². The molecule has 2 N–H and O–H groups in total. The number of aromatic nitrogens is 4. The topological polar surface area (TPSA) is 92.9 Å². The second-order valence-corrected chi connectivity index (χ2v) is 6.73. The van der Waals surface area contributed by atoms with Crippen LogP contribution in [0.4, 0.5) is 18.9 Å². The zero-order valence-electron chi connectivity index (χ0n) is 15.3. The third kappa shape index (κ3) is 3.53. The quantitative estimate of drug-likeness (QED) is 0.685. The average Bonchev–Trinajstić information content (AvgIpc) is 2.87. The van der Waals surface area contributed by atoms with Gasteiger partial charge in [0.1, 0.15) is 0 Å². The van der Waals surface area contributed by atoms with E-state index in [1.807, 2.05) is 0 Å². The Morgan fingerprint density at radius 2 is 2.07 bits per heavy atom. The molecule has 0 radical (unpaired) electrons. The minimum atomic E-state index is -4.51. The average molecular weight is 403 g/mol. The molecular formula is C19H16F3N5O2. The third-order valence-electron chi connectivity index (χ3n) is 4.76. The lowest BCUT2D eigenvalue weighted by molar-refractivity contribution is -0.137. The fourth-order valence-corrected chi connectivity index (χ4v) is 3.49. The number of halogens is 3. The largest absolute Gasteiger partial charge is 0.479 e. The molecule has 1 aliphatic rings. The number of nitrogens with zero attached hydrogens (tertiary/aromatic N) is 4. The number of fused-ring (bicyclic) bond motifs is 3. The van der Waals surface area contributed by atoms with Crippen molar-refractivity contribution in [2.24, 2.45) is 7.05 Å². The van der Waals surface area contributed by atoms with Gasteiger partial charge in [-0.05, 0) is 43.0 Å². The minimum absolute atomic E-state index is 0.0261. The predicted molar refractivity (Wildman–Crippen MR) is 97.3 cm³/mol. The molecule has 0 bridgehead atoms. The van der Waals surface area contributed by atoms with E-state index in [2.05, 4.69) is 20.4 Å². The van der Waals surface area contributed by atoms with Crippen LogP contribution in [-0.2, 0) is 26.1 Å². The van der Waals surface area contributed by atoms with Crippen LogP contribution < -0.4 is 5.32 Å². The summed E-state index contributed by atoms with van der Waals surface area (Å²) in [5, 5.41) is 16.4. The van der Waals surface area contributed by atoms with Gasteiger partial charge in [-0.2, -0.15) is 23.3 Å². The fourth-order valence-electron chi connectivity index (χ4n) is 3.49. The van der Waals surface area contributed by atoms with Crippen LogP contribution in [-0.4, -0.2) is 30.8 Å². The predicted octanol–water partition coefficient (Wildman–Crippen LogP) is 3.34. The van der Waals surface area contributed by atoms with Gasteiger partial charge in [0.2, 0.25) is 0 Å². The Labute approximate surface area is 163 Å². The molecule has 29 heavy (non-hydrogen) atoms. The molecular weight excluding hydrogens is 387 g/mol. The maximum absolute atomic E-state index is 12.9. The zero-order valence-corrected chi connectivity index (χ0v) is 15.3. The van der Waals surface area contributed by atoms with Gasteiger partial charge in [-0.3, -0.25) is 9.48 Å². The molecule has 2 aromatic heterocycles. The number of amides is 1. The van der Waals surface area contributed by atoms with Crippen LogP contribution in [0.15, 0.2) is 30.5 Å². The summed E-state index contributed by atoms with van der Waals surface area (Å²) in [4.78, 5) is 20.7. The van der Waals surface area contributed by atoms with Crippen molar-refractivity contribution in [3.63, 3.8) is 0 Å². The first-order valence-electron chi connectivity index (χ1n) is 8.84. The highest BCUT2D eigenvalue weighted by molar-refractivity contribution is 6.05. The number of hydrogen-bond donors (Lipinski definition) is 2. The normalized spacial score (nSPS) is 13.4. The van der Waals surface area contributed by atoms with E-state index in [1.54, 1.807) is 13.2 Å². The Balaban J connectivity index is 1.71. The van der Waals surface area contributed by atoms with Crippen molar-refractivity contribution in [3.8, 4) is 17.4 Å². The number of rotatable bonds is 2. The molecule has 1 aromatic carbocycles. The van der Waals surface area contributed by atoms with E-state index in [4.69, 9.17) is 0 Å². The molecule has 10 heteroatoms. The SMILES string of the molecule is Cn1nc(C(=O)Nc2cccc(C(F)(F)F)c2)c2c1-c1nc(O)ncc1CCC2. The standard InChI is InChI=1S/C19H16F3N5O2/c1-27-16-13(7-2-4-10-9-23-18(29)25-14(10)16)15(26-27)17(28)24-12-6-3-5-11(8-12)19(20,21)22/h3,5-6,8-9H,2,4,7H2,1H3,(H,24,28)(H,23,25,29). The Morgan fingerprint density at radius 1 is 1.28 bits per heavy atom. The number of benzene rings is 1. The fraction of sp³-hybridized carbons (Fsp3) is 0.263. The van der Waals surface area contributed by atoms with Gasteiger partial charge in [0.25, 0.3) is 5.91 Å². The number of alkyl halides is 3. The third-order valence-corrected chi connectivity index (χ3v) is 4.76. The summed E-state index contributed by atoms with van der Waals surface area (Å²) in [6.07, 6.45) is -1.05. The first-order chi connectivity index (χ1) is 13.7. The summed E-state index contributed by atoms with van der Waals surface area (Å²) >= 11 is 0. The zero-order chi connectivity index (χ0) is 20.8. The number of hydrogen-bond acceptors (Lipinski definition) is 5. The molecule has 0 spiro atoms. The van der Waals surface area contributed by atoms with Gasteiger partial charge in [0, 0.05) is 24.5 Å². The molecule has 0 saturated carbocycles. The summed E-state index contributed by atoms with van der Waals surface area (Å²) in [6.45, 7) is 0. The Morgan fingerprint density at radius 3 is 2.83 bits per heavy atom. The van der Waals surface area contributed by atoms with Gasteiger partial charge in [0.05, 0.1) is 17.0 Å². The highest BCUT2D eigenvalue weighted by Gasteiger charge is 2.31. The second kappa shape index (κ2) is 6.87. The molecule has 1 amide bonds. The molecule has 150 valence electrons. The van der Waals surface area contributed by atoms with Crippen LogP contribution in [0, 0.1) is 0 Å². The molecule has 2 heterocycles. The van der Waals surface area contributed by atoms with Gasteiger partial charge < -0.3 is 10.4 Å². The van der Waals surface area contributed by atoms with Gasteiger partial charge in [-0.15, -0.1) is 0 Å². The van der Waals surface area contributed by atoms with Gasteiger partial charge in [0.15, 0.2) is 5.69 Å². The van der Waals surface area contributed by atoms with Crippen LogP contribution in [0.2, 0.25) is 0 Å². The van der Waals surface area contributed by atoms with E-state index in [1.165, 1.54) is 16.8 Å². The lowest BCUT2D eigenvalue weighted by Crippen LogP contribution is -2.15. The summed E-state index contributed by atoms with van der Waals surface area (Å²) in [7, 11) is 1.65. The number of carbonyl (C=O) groups is 1. The first kappa shape index (κ1) is 18.9. The van der Waals surface area contributed by atoms with E-state index in [9.17, 15) is 23.1 Å². The Bertz CT molecular complexity index is 1110. The van der Waals surface area contributed by atoms with E-state index in [-0.39, 0.29) is 17.4 Å². The second-order valence-electron chi connectivity index (χ2n) is 6.73. The van der Waals surface area contributed by atoms with Crippen LogP contribution in [0.5, 0.6) is 6.01 Å². The molecule has 0 aliphatic heterocycles. The van der Waals surface area contributed by atoms with Crippen LogP contribution in [0.25, 0.3) is 11.4 Å². The van der Waals surface area contributed by atoms with Gasteiger partial charge >= 0.3 is 12.2 Å². The van der Waals surface area contributed by atoms with E-state index in [0.29, 0.717) is 36.2 Å². The summed E-state index contributed by atoms with van der Waals surface area (Å²) in [6, 6.07) is 4.04. The lowest BCUT2D eigenvalue weighted by atomic mass is 10.1. The number of nitrogens with one attached hydrogen (secondary N) is 1. The van der Waals surface area contributed by atoms with E-state index in [0.717, 1.165) is 17.7 Å². The molecule has 0 unspecified atom stereocenters. The maximum atomic E-state index is 12.9. The summed E-state index contributed by atoms with van der Waals surface area (Å²) < 4.78 is 40.2. The van der Waals surface area contributed by atoms with Crippen molar-refractivity contribution in [3.05, 3.63) is 52.8 Å².